The van der Waals surface area contributed by atoms with E-state index in [9.17, 15) is 12.8 Å². The van der Waals surface area contributed by atoms with Gasteiger partial charge in [-0.2, -0.15) is 0 Å². The minimum atomic E-state index is -3.71. The van der Waals surface area contributed by atoms with Crippen LogP contribution in [0.25, 0.3) is 0 Å². The van der Waals surface area contributed by atoms with Crippen LogP contribution in [-0.2, 0) is 16.6 Å². The van der Waals surface area contributed by atoms with Gasteiger partial charge in [-0.25, -0.2) is 17.9 Å². The highest BCUT2D eigenvalue weighted by atomic mass is 32.2. The second-order valence-electron chi connectivity index (χ2n) is 4.73. The van der Waals surface area contributed by atoms with Crippen molar-refractivity contribution in [2.24, 2.45) is 5.14 Å². The third kappa shape index (κ3) is 4.32. The SMILES string of the molecule is CC(NCc1cccc(S(N)(=O)=O)c1)c1cncc(F)c1. The zero-order valence-corrected chi connectivity index (χ0v) is 12.3. The average molecular weight is 309 g/mol. The minimum Gasteiger partial charge on any atom is -0.306 e. The number of nitrogens with two attached hydrogens (primary N) is 1. The van der Waals surface area contributed by atoms with Crippen LogP contribution in [0.15, 0.2) is 47.6 Å². The lowest BCUT2D eigenvalue weighted by Crippen LogP contribution is -2.19. The standard InChI is InChI=1S/C14H16FN3O2S/c1-10(12-6-13(15)9-17-8-12)18-7-11-3-2-4-14(5-11)21(16,19)20/h2-6,8-10,18H,7H2,1H3,(H2,16,19,20). The number of benzene rings is 1. The van der Waals surface area contributed by atoms with Crippen molar-refractivity contribution < 1.29 is 12.8 Å². The Hall–Kier alpha value is -1.83. The molecule has 2 aromatic rings. The van der Waals surface area contributed by atoms with Gasteiger partial charge in [0.2, 0.25) is 10.0 Å². The van der Waals surface area contributed by atoms with Gasteiger partial charge in [-0.3, -0.25) is 4.98 Å². The molecule has 1 atom stereocenters. The molecule has 1 unspecified atom stereocenters. The lowest BCUT2D eigenvalue weighted by atomic mass is 10.1. The average Bonchev–Trinajstić information content (AvgIpc) is 2.44. The van der Waals surface area contributed by atoms with Gasteiger partial charge in [0.25, 0.3) is 0 Å². The summed E-state index contributed by atoms with van der Waals surface area (Å²) < 4.78 is 35.7. The van der Waals surface area contributed by atoms with Crippen molar-refractivity contribution in [1.82, 2.24) is 10.3 Å². The highest BCUT2D eigenvalue weighted by Gasteiger charge is 2.09. The highest BCUT2D eigenvalue weighted by molar-refractivity contribution is 7.89. The van der Waals surface area contributed by atoms with Gasteiger partial charge in [-0.05, 0) is 36.2 Å². The Morgan fingerprint density at radius 3 is 2.76 bits per heavy atom. The number of hydrogen-bond acceptors (Lipinski definition) is 4. The van der Waals surface area contributed by atoms with Crippen LogP contribution in [0.4, 0.5) is 4.39 Å². The Balaban J connectivity index is 2.06. The van der Waals surface area contributed by atoms with Gasteiger partial charge in [0, 0.05) is 18.8 Å². The largest absolute Gasteiger partial charge is 0.306 e. The van der Waals surface area contributed by atoms with E-state index in [0.717, 1.165) is 17.3 Å². The lowest BCUT2D eigenvalue weighted by molar-refractivity contribution is 0.560. The lowest BCUT2D eigenvalue weighted by Gasteiger charge is -2.14. The van der Waals surface area contributed by atoms with E-state index in [-0.39, 0.29) is 10.9 Å². The molecule has 0 aliphatic rings. The summed E-state index contributed by atoms with van der Waals surface area (Å²) in [5, 5.41) is 8.27. The number of sulfonamides is 1. The molecule has 0 saturated heterocycles. The molecule has 5 nitrogen and oxygen atoms in total. The highest BCUT2D eigenvalue weighted by Crippen LogP contribution is 2.14. The predicted octanol–water partition coefficient (Wildman–Crippen LogP) is 1.72. The van der Waals surface area contributed by atoms with Gasteiger partial charge in [0.15, 0.2) is 0 Å². The van der Waals surface area contributed by atoms with E-state index in [1.165, 1.54) is 18.2 Å². The molecule has 7 heteroatoms. The van der Waals surface area contributed by atoms with Gasteiger partial charge in [0.1, 0.15) is 5.82 Å². The summed E-state index contributed by atoms with van der Waals surface area (Å²) in [7, 11) is -3.71. The number of nitrogens with one attached hydrogen (secondary N) is 1. The van der Waals surface area contributed by atoms with Crippen LogP contribution in [0, 0.1) is 5.82 Å². The molecule has 0 amide bonds. The number of hydrogen-bond donors (Lipinski definition) is 2. The van der Waals surface area contributed by atoms with E-state index in [2.05, 4.69) is 10.3 Å². The molecule has 0 bridgehead atoms. The van der Waals surface area contributed by atoms with Crippen molar-refractivity contribution in [2.75, 3.05) is 0 Å². The smallest absolute Gasteiger partial charge is 0.238 e. The first-order chi connectivity index (χ1) is 9.86. The molecule has 0 fully saturated rings. The van der Waals surface area contributed by atoms with Crippen LogP contribution >= 0.6 is 0 Å². The van der Waals surface area contributed by atoms with Gasteiger partial charge in [0.05, 0.1) is 11.1 Å². The Morgan fingerprint density at radius 1 is 1.33 bits per heavy atom. The van der Waals surface area contributed by atoms with E-state index >= 15 is 0 Å². The third-order valence-electron chi connectivity index (χ3n) is 3.07. The molecule has 0 spiro atoms. The second kappa shape index (κ2) is 6.30. The van der Waals surface area contributed by atoms with Crippen molar-refractivity contribution in [1.29, 1.82) is 0 Å². The van der Waals surface area contributed by atoms with Crippen LogP contribution in [-0.4, -0.2) is 13.4 Å². The zero-order valence-electron chi connectivity index (χ0n) is 11.5. The number of nitrogens with zero attached hydrogens (tertiary/aromatic N) is 1. The van der Waals surface area contributed by atoms with E-state index in [4.69, 9.17) is 5.14 Å². The van der Waals surface area contributed by atoms with Crippen LogP contribution in [0.1, 0.15) is 24.1 Å². The maximum absolute atomic E-state index is 13.1. The Bertz CT molecular complexity index is 735. The molecule has 21 heavy (non-hydrogen) atoms. The Labute approximate surface area is 123 Å². The van der Waals surface area contributed by atoms with Crippen LogP contribution in [0.5, 0.6) is 0 Å². The molecule has 0 radical (unpaired) electrons. The number of pyridine rings is 1. The Morgan fingerprint density at radius 2 is 2.10 bits per heavy atom. The van der Waals surface area contributed by atoms with Crippen molar-refractivity contribution in [2.45, 2.75) is 24.4 Å². The van der Waals surface area contributed by atoms with E-state index in [1.54, 1.807) is 18.3 Å². The normalized spacial score (nSPS) is 13.1. The Kier molecular flexibility index (Phi) is 4.66. The van der Waals surface area contributed by atoms with Crippen LogP contribution < -0.4 is 10.5 Å². The summed E-state index contributed by atoms with van der Waals surface area (Å²) in [4.78, 5) is 3.87. The summed E-state index contributed by atoms with van der Waals surface area (Å²) in [6, 6.07) is 7.67. The van der Waals surface area contributed by atoms with E-state index in [1.807, 2.05) is 6.92 Å². The second-order valence-corrected chi connectivity index (χ2v) is 6.29. The molecule has 112 valence electrons. The third-order valence-corrected chi connectivity index (χ3v) is 3.98. The monoisotopic (exact) mass is 309 g/mol. The van der Waals surface area contributed by atoms with Gasteiger partial charge in [-0.15, -0.1) is 0 Å². The number of rotatable bonds is 5. The summed E-state index contributed by atoms with van der Waals surface area (Å²) >= 11 is 0. The summed E-state index contributed by atoms with van der Waals surface area (Å²) in [6.45, 7) is 2.31. The van der Waals surface area contributed by atoms with E-state index < -0.39 is 15.8 Å². The zero-order chi connectivity index (χ0) is 15.5. The summed E-state index contributed by atoms with van der Waals surface area (Å²) in [5.74, 6) is -0.391. The van der Waals surface area contributed by atoms with E-state index in [0.29, 0.717) is 6.54 Å². The van der Waals surface area contributed by atoms with Gasteiger partial charge < -0.3 is 5.32 Å². The molecule has 3 N–H and O–H groups in total. The van der Waals surface area contributed by atoms with Gasteiger partial charge in [-0.1, -0.05) is 12.1 Å². The first-order valence-corrected chi connectivity index (χ1v) is 7.86. The molecular formula is C14H16FN3O2S. The van der Waals surface area contributed by atoms with Gasteiger partial charge >= 0.3 is 0 Å². The molecule has 0 aliphatic heterocycles. The minimum absolute atomic E-state index is 0.0712. The van der Waals surface area contributed by atoms with Crippen molar-refractivity contribution in [3.05, 3.63) is 59.7 Å². The molecule has 0 aliphatic carbocycles. The fourth-order valence-corrected chi connectivity index (χ4v) is 2.47. The maximum atomic E-state index is 13.1. The molecular weight excluding hydrogens is 293 g/mol. The van der Waals surface area contributed by atoms with Crippen LogP contribution in [0.2, 0.25) is 0 Å². The predicted molar refractivity (Wildman–Crippen MR) is 77.3 cm³/mol. The fourth-order valence-electron chi connectivity index (χ4n) is 1.89. The van der Waals surface area contributed by atoms with Crippen molar-refractivity contribution in [3.63, 3.8) is 0 Å². The molecule has 1 heterocycles. The first kappa shape index (κ1) is 15.6. The van der Waals surface area contributed by atoms with Crippen molar-refractivity contribution >= 4 is 10.0 Å². The fraction of sp³-hybridized carbons (Fsp3) is 0.214. The summed E-state index contributed by atoms with van der Waals surface area (Å²) in [5.41, 5.74) is 1.50. The number of halogens is 1. The first-order valence-electron chi connectivity index (χ1n) is 6.32. The summed E-state index contributed by atoms with van der Waals surface area (Å²) in [6.07, 6.45) is 2.73. The molecule has 2 rings (SSSR count). The van der Waals surface area contributed by atoms with Crippen molar-refractivity contribution in [3.8, 4) is 0 Å². The topological polar surface area (TPSA) is 85.1 Å². The quantitative estimate of drug-likeness (QED) is 0.880. The molecule has 0 saturated carbocycles. The molecule has 1 aromatic carbocycles. The number of aromatic nitrogens is 1. The maximum Gasteiger partial charge on any atom is 0.238 e. The molecule has 1 aromatic heterocycles. The van der Waals surface area contributed by atoms with Crippen LogP contribution in [0.3, 0.4) is 0 Å². The number of primary sulfonamides is 1.